The monoisotopic (exact) mass is 255 g/mol. The van der Waals surface area contributed by atoms with Crippen LogP contribution in [0, 0.1) is 0 Å². The predicted molar refractivity (Wildman–Crippen MR) is 35.8 cm³/mol. The number of rotatable bonds is 0. The zero-order chi connectivity index (χ0) is 12.2. The lowest BCUT2D eigenvalue weighted by Gasteiger charge is -2.45. The quantitative estimate of drug-likeness (QED) is 0.605. The summed E-state index contributed by atoms with van der Waals surface area (Å²) < 4.78 is 78.9. The van der Waals surface area contributed by atoms with Gasteiger partial charge in [0.2, 0.25) is 0 Å². The van der Waals surface area contributed by atoms with Crippen LogP contribution in [0.2, 0.25) is 0 Å². The molecule has 0 radical (unpaired) electrons. The van der Waals surface area contributed by atoms with Gasteiger partial charge in [0, 0.05) is 7.05 Å². The number of alkyl halides is 6. The smallest absolute Gasteiger partial charge is 0.271 e. The minimum absolute atomic E-state index is 0.0963. The van der Waals surface area contributed by atoms with E-state index in [1.165, 1.54) is 0 Å². The summed E-state index contributed by atoms with van der Waals surface area (Å²) in [5.41, 5.74) is 0. The van der Waals surface area contributed by atoms with Crippen molar-refractivity contribution in [2.75, 3.05) is 7.05 Å². The summed E-state index contributed by atoms with van der Waals surface area (Å²) in [5.74, 6) is -2.25. The molecule has 10 heteroatoms. The summed E-state index contributed by atoms with van der Waals surface area (Å²) in [4.78, 5) is 10.7. The zero-order valence-electron chi connectivity index (χ0n) is 6.94. The number of hydrogen-bond donors (Lipinski definition) is 0. The van der Waals surface area contributed by atoms with Gasteiger partial charge in [-0.25, -0.2) is 4.21 Å². The molecule has 1 saturated heterocycles. The molecule has 0 bridgehead atoms. The third-order valence-electron chi connectivity index (χ3n) is 1.90. The fraction of sp³-hybridized carbons (Fsp3) is 0.800. The van der Waals surface area contributed by atoms with Crippen molar-refractivity contribution < 1.29 is 35.3 Å². The maximum absolute atomic E-state index is 12.2. The Hall–Kier alpha value is -0.800. The fourth-order valence-corrected chi connectivity index (χ4v) is 2.39. The van der Waals surface area contributed by atoms with Crippen molar-refractivity contribution in [2.45, 2.75) is 17.1 Å². The minimum Gasteiger partial charge on any atom is -0.271 e. The van der Waals surface area contributed by atoms with Crippen molar-refractivity contribution in [1.29, 1.82) is 0 Å². The first-order valence-electron chi connectivity index (χ1n) is 3.31. The number of carbonyl (C=O) groups excluding carboxylic acids is 1. The zero-order valence-corrected chi connectivity index (χ0v) is 7.76. The molecule has 0 N–H and O–H groups in total. The van der Waals surface area contributed by atoms with E-state index < -0.39 is 34.0 Å². The highest BCUT2D eigenvalue weighted by Gasteiger charge is 2.86. The van der Waals surface area contributed by atoms with Crippen LogP contribution in [-0.4, -0.2) is 38.6 Å². The van der Waals surface area contributed by atoms with Crippen LogP contribution < -0.4 is 0 Å². The van der Waals surface area contributed by atoms with Gasteiger partial charge in [0.05, 0.1) is 0 Å². The molecule has 0 aromatic rings. The molecular weight excluding hydrogens is 252 g/mol. The Balaban J connectivity index is 3.37. The Bertz CT molecular complexity index is 301. The normalized spacial score (nSPS) is 26.5. The SMILES string of the molecule is CN1C(=O)C(C(F)(F)F)(C(F)(F)F)S1=O. The topological polar surface area (TPSA) is 37.4 Å². The summed E-state index contributed by atoms with van der Waals surface area (Å²) in [6.45, 7) is 0. The molecule has 1 aliphatic heterocycles. The summed E-state index contributed by atoms with van der Waals surface area (Å²) in [6.07, 6.45) is -11.8. The lowest BCUT2D eigenvalue weighted by molar-refractivity contribution is -0.266. The third-order valence-corrected chi connectivity index (χ3v) is 3.72. The van der Waals surface area contributed by atoms with Crippen LogP contribution in [-0.2, 0) is 15.8 Å². The first-order chi connectivity index (χ1) is 6.48. The van der Waals surface area contributed by atoms with E-state index >= 15 is 0 Å². The summed E-state index contributed by atoms with van der Waals surface area (Å²) in [6, 6.07) is 0. The van der Waals surface area contributed by atoms with Crippen molar-refractivity contribution in [2.24, 2.45) is 0 Å². The van der Waals surface area contributed by atoms with Crippen LogP contribution >= 0.6 is 0 Å². The van der Waals surface area contributed by atoms with E-state index in [9.17, 15) is 35.3 Å². The van der Waals surface area contributed by atoms with Gasteiger partial charge in [0.1, 0.15) is 0 Å². The average molecular weight is 255 g/mol. The Morgan fingerprint density at radius 2 is 1.47 bits per heavy atom. The highest BCUT2D eigenvalue weighted by molar-refractivity contribution is 7.88. The largest absolute Gasteiger partial charge is 0.425 e. The Morgan fingerprint density at radius 3 is 1.60 bits per heavy atom. The van der Waals surface area contributed by atoms with Gasteiger partial charge >= 0.3 is 17.1 Å². The Kier molecular flexibility index (Phi) is 2.34. The van der Waals surface area contributed by atoms with Crippen molar-refractivity contribution >= 4 is 16.9 Å². The molecule has 0 spiro atoms. The number of hydrogen-bond acceptors (Lipinski definition) is 2. The van der Waals surface area contributed by atoms with E-state index in [1.54, 1.807) is 0 Å². The number of halogens is 6. The second-order valence-corrected chi connectivity index (χ2v) is 4.39. The molecular formula is C5H3F6NO2S. The third kappa shape index (κ3) is 1.20. The van der Waals surface area contributed by atoms with Crippen molar-refractivity contribution in [3.05, 3.63) is 0 Å². The lowest BCUT2D eigenvalue weighted by Crippen LogP contribution is -2.78. The molecule has 15 heavy (non-hydrogen) atoms. The van der Waals surface area contributed by atoms with Gasteiger partial charge in [0.15, 0.2) is 11.0 Å². The van der Waals surface area contributed by atoms with E-state index in [1.807, 2.05) is 0 Å². The van der Waals surface area contributed by atoms with Crippen LogP contribution in [0.15, 0.2) is 0 Å². The summed E-state index contributed by atoms with van der Waals surface area (Å²) in [7, 11) is -2.86. The lowest BCUT2D eigenvalue weighted by atomic mass is 10.1. The second-order valence-electron chi connectivity index (χ2n) is 2.73. The summed E-state index contributed by atoms with van der Waals surface area (Å²) in [5, 5.41) is 0. The van der Waals surface area contributed by atoms with Crippen LogP contribution in [0.4, 0.5) is 26.3 Å². The molecule has 1 fully saturated rings. The number of amides is 1. The number of carbonyl (C=O) groups is 1. The molecule has 1 atom stereocenters. The van der Waals surface area contributed by atoms with Crippen molar-refractivity contribution in [1.82, 2.24) is 4.31 Å². The molecule has 1 unspecified atom stereocenters. The van der Waals surface area contributed by atoms with Crippen LogP contribution in [0.1, 0.15) is 0 Å². The van der Waals surface area contributed by atoms with Gasteiger partial charge in [-0.1, -0.05) is 0 Å². The molecule has 3 nitrogen and oxygen atoms in total. The van der Waals surface area contributed by atoms with E-state index in [0.29, 0.717) is 7.05 Å². The first-order valence-corrected chi connectivity index (χ1v) is 4.42. The van der Waals surface area contributed by atoms with E-state index in [4.69, 9.17) is 0 Å². The van der Waals surface area contributed by atoms with Gasteiger partial charge in [-0.2, -0.15) is 26.3 Å². The summed E-state index contributed by atoms with van der Waals surface area (Å²) >= 11 is 0. The maximum atomic E-state index is 12.2. The Labute approximate surface area is 81.6 Å². The standard InChI is InChI=1S/C5H3F6NO2S/c1-12-2(13)3(15(12)14,4(6,7)8)5(9,10)11/h1H3. The average Bonchev–Trinajstić information content (AvgIpc) is 1.99. The van der Waals surface area contributed by atoms with Crippen LogP contribution in [0.5, 0.6) is 0 Å². The second kappa shape index (κ2) is 2.86. The maximum Gasteiger partial charge on any atom is 0.425 e. The van der Waals surface area contributed by atoms with Crippen molar-refractivity contribution in [3.63, 3.8) is 0 Å². The highest BCUT2D eigenvalue weighted by atomic mass is 32.2. The molecule has 0 aromatic heterocycles. The van der Waals surface area contributed by atoms with Crippen molar-refractivity contribution in [3.8, 4) is 0 Å². The van der Waals surface area contributed by atoms with Crippen LogP contribution in [0.3, 0.4) is 0 Å². The predicted octanol–water partition coefficient (Wildman–Crippen LogP) is 0.986. The van der Waals surface area contributed by atoms with Gasteiger partial charge < -0.3 is 0 Å². The van der Waals surface area contributed by atoms with Gasteiger partial charge in [-0.05, 0) is 0 Å². The molecule has 0 aliphatic carbocycles. The number of nitrogens with zero attached hydrogens (tertiary/aromatic N) is 1. The fourth-order valence-electron chi connectivity index (χ4n) is 1.14. The van der Waals surface area contributed by atoms with Gasteiger partial charge in [0.25, 0.3) is 5.91 Å². The molecule has 0 saturated carbocycles. The molecule has 88 valence electrons. The molecule has 1 rings (SSSR count). The molecule has 1 heterocycles. The van der Waals surface area contributed by atoms with Gasteiger partial charge in [-0.15, -0.1) is 0 Å². The van der Waals surface area contributed by atoms with E-state index in [2.05, 4.69) is 0 Å². The first kappa shape index (κ1) is 12.3. The van der Waals surface area contributed by atoms with E-state index in [-0.39, 0.29) is 4.31 Å². The Morgan fingerprint density at radius 1 is 1.13 bits per heavy atom. The highest BCUT2D eigenvalue weighted by Crippen LogP contribution is 2.53. The van der Waals surface area contributed by atoms with Gasteiger partial charge in [-0.3, -0.25) is 9.10 Å². The van der Waals surface area contributed by atoms with E-state index in [0.717, 1.165) is 0 Å². The van der Waals surface area contributed by atoms with Crippen LogP contribution in [0.25, 0.3) is 0 Å². The molecule has 1 aliphatic rings. The molecule has 1 amide bonds. The molecule has 0 aromatic carbocycles. The minimum atomic E-state index is -5.92.